The molecule has 4 rings (SSSR count). The Balaban J connectivity index is 1.45. The van der Waals surface area contributed by atoms with Crippen molar-refractivity contribution in [1.29, 1.82) is 0 Å². The minimum Gasteiger partial charge on any atom is -0.310 e. The summed E-state index contributed by atoms with van der Waals surface area (Å²) in [6, 6.07) is 8.94. The second-order valence-electron chi connectivity index (χ2n) is 8.24. The number of nitrogens with zero attached hydrogens (tertiary/aromatic N) is 2. The van der Waals surface area contributed by atoms with Crippen molar-refractivity contribution in [2.24, 2.45) is 0 Å². The first-order valence-electron chi connectivity index (χ1n) is 10.6. The highest BCUT2D eigenvalue weighted by Crippen LogP contribution is 2.30. The van der Waals surface area contributed by atoms with E-state index in [2.05, 4.69) is 41.1 Å². The number of aryl methyl sites for hydroxylation is 1. The van der Waals surface area contributed by atoms with E-state index in [1.54, 1.807) is 0 Å². The van der Waals surface area contributed by atoms with Gasteiger partial charge in [0.2, 0.25) is 0 Å². The van der Waals surface area contributed by atoms with Crippen LogP contribution in [0.15, 0.2) is 29.1 Å². The third-order valence-electron chi connectivity index (χ3n) is 6.13. The van der Waals surface area contributed by atoms with Gasteiger partial charge in [-0.2, -0.15) is 0 Å². The van der Waals surface area contributed by atoms with Gasteiger partial charge >= 0.3 is 0 Å². The van der Waals surface area contributed by atoms with Crippen molar-refractivity contribution in [3.63, 3.8) is 0 Å². The smallest absolute Gasteiger partial charge is 0.255 e. The maximum Gasteiger partial charge on any atom is 0.255 e. The van der Waals surface area contributed by atoms with Crippen LogP contribution in [0, 0.1) is 0 Å². The second kappa shape index (κ2) is 8.39. The minimum absolute atomic E-state index is 0.0866. The first-order valence-corrected chi connectivity index (χ1v) is 10.6. The van der Waals surface area contributed by atoms with E-state index in [0.717, 1.165) is 43.0 Å². The molecule has 0 radical (unpaired) electrons. The fraction of sp³-hybridized carbons (Fsp3) is 0.565. The molecule has 0 spiro atoms. The summed E-state index contributed by atoms with van der Waals surface area (Å²) in [6.07, 6.45) is 9.38. The van der Waals surface area contributed by atoms with E-state index in [4.69, 9.17) is 4.98 Å². The standard InChI is InChI=1S/C23H31N3O/c1-2-6-17-9-11-18(12-10-17)15-26-14-13-21-20(16-26)23(27)25-22(24-21)19-7-4-3-5-8-19/h9-12,19H,2-8,13-16H2,1H3,(H,24,25,27). The molecule has 144 valence electrons. The second-order valence-corrected chi connectivity index (χ2v) is 8.24. The lowest BCUT2D eigenvalue weighted by molar-refractivity contribution is 0.241. The number of hydrogen-bond acceptors (Lipinski definition) is 3. The van der Waals surface area contributed by atoms with Crippen molar-refractivity contribution in [3.05, 3.63) is 62.8 Å². The van der Waals surface area contributed by atoms with Gasteiger partial charge in [-0.1, -0.05) is 56.9 Å². The number of rotatable bonds is 5. The van der Waals surface area contributed by atoms with Gasteiger partial charge in [-0.15, -0.1) is 0 Å². The van der Waals surface area contributed by atoms with Gasteiger partial charge in [0.25, 0.3) is 5.56 Å². The zero-order chi connectivity index (χ0) is 18.6. The Labute approximate surface area is 162 Å². The summed E-state index contributed by atoms with van der Waals surface area (Å²) in [6.45, 7) is 4.80. The average molecular weight is 366 g/mol. The van der Waals surface area contributed by atoms with Crippen molar-refractivity contribution >= 4 is 0 Å². The summed E-state index contributed by atoms with van der Waals surface area (Å²) in [5.74, 6) is 1.40. The van der Waals surface area contributed by atoms with Gasteiger partial charge in [0.1, 0.15) is 5.82 Å². The van der Waals surface area contributed by atoms with Crippen LogP contribution >= 0.6 is 0 Å². The maximum absolute atomic E-state index is 12.7. The van der Waals surface area contributed by atoms with Gasteiger partial charge in [0.05, 0.1) is 11.3 Å². The Kier molecular flexibility index (Phi) is 5.72. The van der Waals surface area contributed by atoms with Gasteiger partial charge in [-0.05, 0) is 30.4 Å². The molecule has 1 saturated carbocycles. The summed E-state index contributed by atoms with van der Waals surface area (Å²) in [4.78, 5) is 23.1. The zero-order valence-corrected chi connectivity index (χ0v) is 16.5. The highest BCUT2D eigenvalue weighted by Gasteiger charge is 2.24. The number of fused-ring (bicyclic) bond motifs is 1. The largest absolute Gasteiger partial charge is 0.310 e. The molecule has 1 aliphatic heterocycles. The molecule has 1 N–H and O–H groups in total. The van der Waals surface area contributed by atoms with Crippen LogP contribution in [0.3, 0.4) is 0 Å². The summed E-state index contributed by atoms with van der Waals surface area (Å²) < 4.78 is 0. The van der Waals surface area contributed by atoms with Crippen LogP contribution in [0.4, 0.5) is 0 Å². The van der Waals surface area contributed by atoms with E-state index in [9.17, 15) is 4.79 Å². The molecule has 2 aliphatic rings. The molecule has 0 saturated heterocycles. The van der Waals surface area contributed by atoms with E-state index in [1.807, 2.05) is 0 Å². The molecular weight excluding hydrogens is 334 g/mol. The monoisotopic (exact) mass is 365 g/mol. The number of nitrogens with one attached hydrogen (secondary N) is 1. The minimum atomic E-state index is 0.0866. The molecule has 0 atom stereocenters. The normalized spacial score (nSPS) is 18.4. The number of H-pyrrole nitrogens is 1. The van der Waals surface area contributed by atoms with Gasteiger partial charge in [-0.25, -0.2) is 4.98 Å². The van der Waals surface area contributed by atoms with E-state index >= 15 is 0 Å². The lowest BCUT2D eigenvalue weighted by Crippen LogP contribution is -2.36. The quantitative estimate of drug-likeness (QED) is 0.858. The first-order chi connectivity index (χ1) is 13.2. The molecule has 0 unspecified atom stereocenters. The first kappa shape index (κ1) is 18.4. The fourth-order valence-corrected chi connectivity index (χ4v) is 4.56. The van der Waals surface area contributed by atoms with Crippen LogP contribution in [0.2, 0.25) is 0 Å². The van der Waals surface area contributed by atoms with Crippen LogP contribution in [-0.4, -0.2) is 21.4 Å². The number of aromatic nitrogens is 2. The number of hydrogen-bond donors (Lipinski definition) is 1. The van der Waals surface area contributed by atoms with Crippen molar-refractivity contribution in [3.8, 4) is 0 Å². The van der Waals surface area contributed by atoms with Crippen molar-refractivity contribution in [1.82, 2.24) is 14.9 Å². The highest BCUT2D eigenvalue weighted by atomic mass is 16.1. The van der Waals surface area contributed by atoms with Crippen LogP contribution in [0.1, 0.15) is 79.6 Å². The van der Waals surface area contributed by atoms with Crippen LogP contribution < -0.4 is 5.56 Å². The Morgan fingerprint density at radius 3 is 2.59 bits per heavy atom. The molecule has 1 aromatic carbocycles. The summed E-state index contributed by atoms with van der Waals surface area (Å²) in [7, 11) is 0. The molecule has 27 heavy (non-hydrogen) atoms. The lowest BCUT2D eigenvalue weighted by atomic mass is 9.88. The van der Waals surface area contributed by atoms with Crippen LogP contribution in [0.25, 0.3) is 0 Å². The van der Waals surface area contributed by atoms with Crippen LogP contribution in [0.5, 0.6) is 0 Å². The molecular formula is C23H31N3O. The average Bonchev–Trinajstić information content (AvgIpc) is 2.71. The van der Waals surface area contributed by atoms with Gasteiger partial charge in [0, 0.05) is 32.0 Å². The topological polar surface area (TPSA) is 49.0 Å². The summed E-state index contributed by atoms with van der Waals surface area (Å²) >= 11 is 0. The zero-order valence-electron chi connectivity index (χ0n) is 16.5. The predicted octanol–water partition coefficient (Wildman–Crippen LogP) is 4.33. The SMILES string of the molecule is CCCc1ccc(CN2CCc3nc(C4CCCCC4)[nH]c(=O)c3C2)cc1. The number of benzene rings is 1. The van der Waals surface area contributed by atoms with Crippen molar-refractivity contribution in [2.45, 2.75) is 77.3 Å². The van der Waals surface area contributed by atoms with E-state index in [-0.39, 0.29) is 5.56 Å². The van der Waals surface area contributed by atoms with Gasteiger partial charge in [0.15, 0.2) is 0 Å². The molecule has 4 nitrogen and oxygen atoms in total. The van der Waals surface area contributed by atoms with Crippen molar-refractivity contribution < 1.29 is 0 Å². The summed E-state index contributed by atoms with van der Waals surface area (Å²) in [5, 5.41) is 0. The molecule has 1 fully saturated rings. The van der Waals surface area contributed by atoms with Gasteiger partial charge in [-0.3, -0.25) is 9.69 Å². The Morgan fingerprint density at radius 1 is 1.11 bits per heavy atom. The van der Waals surface area contributed by atoms with E-state index in [1.165, 1.54) is 49.7 Å². The lowest BCUT2D eigenvalue weighted by Gasteiger charge is -2.29. The maximum atomic E-state index is 12.7. The molecule has 2 heterocycles. The van der Waals surface area contributed by atoms with E-state index in [0.29, 0.717) is 12.5 Å². The molecule has 0 bridgehead atoms. The Hall–Kier alpha value is -1.94. The molecule has 1 aliphatic carbocycles. The summed E-state index contributed by atoms with van der Waals surface area (Å²) in [5.41, 5.74) is 4.73. The van der Waals surface area contributed by atoms with Crippen LogP contribution in [-0.2, 0) is 25.9 Å². The third-order valence-corrected chi connectivity index (χ3v) is 6.13. The third kappa shape index (κ3) is 4.32. The van der Waals surface area contributed by atoms with Gasteiger partial charge < -0.3 is 4.98 Å². The van der Waals surface area contributed by atoms with Crippen molar-refractivity contribution in [2.75, 3.05) is 6.54 Å². The number of aromatic amines is 1. The molecule has 1 aromatic heterocycles. The Morgan fingerprint density at radius 2 is 1.85 bits per heavy atom. The van der Waals surface area contributed by atoms with E-state index < -0.39 is 0 Å². The highest BCUT2D eigenvalue weighted by molar-refractivity contribution is 5.25. The molecule has 4 heteroatoms. The fourth-order valence-electron chi connectivity index (χ4n) is 4.56. The predicted molar refractivity (Wildman–Crippen MR) is 109 cm³/mol. The molecule has 0 amide bonds. The molecule has 2 aromatic rings. The Bertz CT molecular complexity index is 819.